The van der Waals surface area contributed by atoms with Gasteiger partial charge < -0.3 is 20.3 Å². The van der Waals surface area contributed by atoms with Crippen LogP contribution in [0, 0.1) is 6.92 Å². The summed E-state index contributed by atoms with van der Waals surface area (Å²) >= 11 is 1.86. The van der Waals surface area contributed by atoms with Crippen molar-refractivity contribution in [1.82, 2.24) is 15.5 Å². The summed E-state index contributed by atoms with van der Waals surface area (Å²) in [6.07, 6.45) is 2.22. The second kappa shape index (κ2) is 11.4. The number of nitrogens with one attached hydrogen (secondary N) is 2. The van der Waals surface area contributed by atoms with Gasteiger partial charge >= 0.3 is 0 Å². The first-order chi connectivity index (χ1) is 11.4. The van der Waals surface area contributed by atoms with Crippen molar-refractivity contribution in [3.8, 4) is 0 Å². The van der Waals surface area contributed by atoms with E-state index in [0.717, 1.165) is 38.5 Å². The van der Waals surface area contributed by atoms with Gasteiger partial charge in [-0.3, -0.25) is 4.99 Å². The maximum atomic E-state index is 5.82. The Labute approximate surface area is 151 Å². The van der Waals surface area contributed by atoms with Gasteiger partial charge in [-0.1, -0.05) is 0 Å². The van der Waals surface area contributed by atoms with E-state index in [4.69, 9.17) is 4.74 Å². The Bertz CT molecular complexity index is 487. The number of rotatable bonds is 10. The van der Waals surface area contributed by atoms with Gasteiger partial charge in [-0.15, -0.1) is 11.3 Å². The molecule has 1 aromatic heterocycles. The van der Waals surface area contributed by atoms with Crippen LogP contribution in [0.5, 0.6) is 0 Å². The summed E-state index contributed by atoms with van der Waals surface area (Å²) in [6.45, 7) is 8.90. The first kappa shape index (κ1) is 20.9. The molecule has 0 aliphatic rings. The van der Waals surface area contributed by atoms with Crippen molar-refractivity contribution in [3.63, 3.8) is 0 Å². The SMILES string of the molecule is CCOC(CCN(C)C)CNC(=NC)NC(C)Cc1ccc(C)s1. The fraction of sp³-hybridized carbons (Fsp3) is 0.722. The molecule has 0 aliphatic carbocycles. The Kier molecular flexibility index (Phi) is 9.98. The zero-order chi connectivity index (χ0) is 17.9. The van der Waals surface area contributed by atoms with E-state index in [1.807, 2.05) is 25.3 Å². The first-order valence-electron chi connectivity index (χ1n) is 8.73. The third-order valence-electron chi connectivity index (χ3n) is 3.71. The van der Waals surface area contributed by atoms with Crippen LogP contribution < -0.4 is 10.6 Å². The standard InChI is InChI=1S/C18H34N4OS/c1-7-23-16(10-11-22(5)6)13-20-18(19-4)21-14(2)12-17-9-8-15(3)24-17/h8-9,14,16H,7,10-13H2,1-6H3,(H2,19,20,21). The highest BCUT2D eigenvalue weighted by Gasteiger charge is 2.12. The van der Waals surface area contributed by atoms with Gasteiger partial charge in [0.15, 0.2) is 5.96 Å². The number of aryl methyl sites for hydroxylation is 1. The van der Waals surface area contributed by atoms with Crippen molar-refractivity contribution < 1.29 is 4.74 Å². The molecule has 5 nitrogen and oxygen atoms in total. The lowest BCUT2D eigenvalue weighted by atomic mass is 10.2. The summed E-state index contributed by atoms with van der Waals surface area (Å²) in [5.74, 6) is 0.838. The molecule has 0 saturated carbocycles. The highest BCUT2D eigenvalue weighted by molar-refractivity contribution is 7.11. The molecule has 6 heteroatoms. The number of hydrogen-bond acceptors (Lipinski definition) is 4. The molecule has 1 aromatic rings. The zero-order valence-corrected chi connectivity index (χ0v) is 16.9. The van der Waals surface area contributed by atoms with Crippen LogP contribution in [-0.2, 0) is 11.2 Å². The van der Waals surface area contributed by atoms with E-state index < -0.39 is 0 Å². The Morgan fingerprint density at radius 1 is 1.38 bits per heavy atom. The molecule has 2 N–H and O–H groups in total. The van der Waals surface area contributed by atoms with Gasteiger partial charge in [0.05, 0.1) is 6.10 Å². The van der Waals surface area contributed by atoms with Crippen LogP contribution in [0.25, 0.3) is 0 Å². The van der Waals surface area contributed by atoms with Crippen molar-refractivity contribution in [2.24, 2.45) is 4.99 Å². The van der Waals surface area contributed by atoms with Crippen molar-refractivity contribution in [2.45, 2.75) is 45.8 Å². The van der Waals surface area contributed by atoms with Gasteiger partial charge in [0.25, 0.3) is 0 Å². The normalized spacial score (nSPS) is 14.7. The predicted octanol–water partition coefficient (Wildman–Crippen LogP) is 2.51. The van der Waals surface area contributed by atoms with E-state index >= 15 is 0 Å². The summed E-state index contributed by atoms with van der Waals surface area (Å²) in [4.78, 5) is 9.28. The molecular weight excluding hydrogens is 320 g/mol. The first-order valence-corrected chi connectivity index (χ1v) is 9.55. The van der Waals surface area contributed by atoms with Gasteiger partial charge in [-0.05, 0) is 53.4 Å². The molecule has 0 spiro atoms. The third kappa shape index (κ3) is 8.66. The van der Waals surface area contributed by atoms with Crippen LogP contribution >= 0.6 is 11.3 Å². The van der Waals surface area contributed by atoms with Crippen LogP contribution in [0.3, 0.4) is 0 Å². The van der Waals surface area contributed by atoms with Crippen LogP contribution in [0.2, 0.25) is 0 Å². The molecule has 2 atom stereocenters. The minimum absolute atomic E-state index is 0.200. The van der Waals surface area contributed by atoms with Gasteiger partial charge in [-0.2, -0.15) is 0 Å². The van der Waals surface area contributed by atoms with Gasteiger partial charge in [0.1, 0.15) is 0 Å². The molecular formula is C18H34N4OS. The maximum absolute atomic E-state index is 5.82. The largest absolute Gasteiger partial charge is 0.377 e. The lowest BCUT2D eigenvalue weighted by Crippen LogP contribution is -2.46. The van der Waals surface area contributed by atoms with Gasteiger partial charge in [0, 0.05) is 49.0 Å². The predicted molar refractivity (Wildman–Crippen MR) is 105 cm³/mol. The molecule has 1 rings (SSSR count). The number of ether oxygens (including phenoxy) is 1. The molecule has 0 aliphatic heterocycles. The van der Waals surface area contributed by atoms with Crippen LogP contribution in [-0.4, -0.2) is 63.8 Å². The highest BCUT2D eigenvalue weighted by Crippen LogP contribution is 2.16. The monoisotopic (exact) mass is 354 g/mol. The van der Waals surface area contributed by atoms with E-state index in [1.165, 1.54) is 9.75 Å². The number of nitrogens with zero attached hydrogens (tertiary/aromatic N) is 2. The Balaban J connectivity index is 2.41. The molecule has 2 unspecified atom stereocenters. The Hall–Kier alpha value is -1.11. The minimum Gasteiger partial charge on any atom is -0.377 e. The molecule has 0 aromatic carbocycles. The summed E-state index contributed by atoms with van der Waals surface area (Å²) < 4.78 is 5.82. The summed E-state index contributed by atoms with van der Waals surface area (Å²) in [6, 6.07) is 4.72. The fourth-order valence-electron chi connectivity index (χ4n) is 2.47. The molecule has 24 heavy (non-hydrogen) atoms. The average molecular weight is 355 g/mol. The van der Waals surface area contributed by atoms with E-state index in [0.29, 0.717) is 6.04 Å². The summed E-state index contributed by atoms with van der Waals surface area (Å²) in [5, 5.41) is 6.87. The van der Waals surface area contributed by atoms with Gasteiger partial charge in [-0.25, -0.2) is 0 Å². The smallest absolute Gasteiger partial charge is 0.191 e. The minimum atomic E-state index is 0.200. The highest BCUT2D eigenvalue weighted by atomic mass is 32.1. The van der Waals surface area contributed by atoms with Crippen LogP contribution in [0.1, 0.15) is 30.0 Å². The molecule has 138 valence electrons. The summed E-state index contributed by atoms with van der Waals surface area (Å²) in [7, 11) is 5.99. The number of guanidine groups is 1. The van der Waals surface area contributed by atoms with E-state index in [9.17, 15) is 0 Å². The van der Waals surface area contributed by atoms with E-state index in [1.54, 1.807) is 0 Å². The summed E-state index contributed by atoms with van der Waals surface area (Å²) in [5.41, 5.74) is 0. The Morgan fingerprint density at radius 3 is 2.67 bits per heavy atom. The quantitative estimate of drug-likeness (QED) is 0.501. The molecule has 0 amide bonds. The molecule has 1 heterocycles. The Morgan fingerprint density at radius 2 is 2.12 bits per heavy atom. The molecule has 0 bridgehead atoms. The van der Waals surface area contributed by atoms with Gasteiger partial charge in [0.2, 0.25) is 0 Å². The molecule has 0 saturated heterocycles. The van der Waals surface area contributed by atoms with Crippen molar-refractivity contribution in [2.75, 3.05) is 40.8 Å². The zero-order valence-electron chi connectivity index (χ0n) is 16.1. The van der Waals surface area contributed by atoms with Crippen LogP contribution in [0.15, 0.2) is 17.1 Å². The average Bonchev–Trinajstić information content (AvgIpc) is 2.93. The topological polar surface area (TPSA) is 48.9 Å². The lowest BCUT2D eigenvalue weighted by Gasteiger charge is -2.22. The molecule has 0 fully saturated rings. The van der Waals surface area contributed by atoms with Crippen LogP contribution in [0.4, 0.5) is 0 Å². The lowest BCUT2D eigenvalue weighted by molar-refractivity contribution is 0.0548. The number of hydrogen-bond donors (Lipinski definition) is 2. The number of thiophene rings is 1. The van der Waals surface area contributed by atoms with Crippen molar-refractivity contribution in [1.29, 1.82) is 0 Å². The second-order valence-corrected chi connectivity index (χ2v) is 7.76. The fourth-order valence-corrected chi connectivity index (χ4v) is 3.49. The second-order valence-electron chi connectivity index (χ2n) is 6.38. The third-order valence-corrected chi connectivity index (χ3v) is 4.73. The van der Waals surface area contributed by atoms with E-state index in [2.05, 4.69) is 60.6 Å². The van der Waals surface area contributed by atoms with E-state index in [-0.39, 0.29) is 6.10 Å². The van der Waals surface area contributed by atoms with Crippen molar-refractivity contribution >= 4 is 17.3 Å². The maximum Gasteiger partial charge on any atom is 0.191 e. The van der Waals surface area contributed by atoms with Crippen molar-refractivity contribution in [3.05, 3.63) is 21.9 Å². The number of aliphatic imine (C=N–C) groups is 1. The molecule has 0 radical (unpaired) electrons.